The van der Waals surface area contributed by atoms with E-state index in [-0.39, 0.29) is 11.9 Å². The molecular formula is C13H26N2OS. The van der Waals surface area contributed by atoms with E-state index in [9.17, 15) is 4.79 Å². The van der Waals surface area contributed by atoms with Crippen LogP contribution in [0.5, 0.6) is 0 Å². The van der Waals surface area contributed by atoms with E-state index in [1.807, 2.05) is 6.92 Å². The first-order chi connectivity index (χ1) is 8.11. The van der Waals surface area contributed by atoms with Crippen molar-refractivity contribution in [2.45, 2.75) is 71.3 Å². The third-order valence-electron chi connectivity index (χ3n) is 2.84. The molecule has 0 heterocycles. The van der Waals surface area contributed by atoms with Crippen molar-refractivity contribution in [3.8, 4) is 0 Å². The highest BCUT2D eigenvalue weighted by Gasteiger charge is 2.11. The lowest BCUT2D eigenvalue weighted by Crippen LogP contribution is -2.42. The van der Waals surface area contributed by atoms with Gasteiger partial charge in [0, 0.05) is 6.42 Å². The molecule has 3 N–H and O–H groups in total. The number of amides is 1. The zero-order valence-electron chi connectivity index (χ0n) is 11.1. The predicted octanol–water partition coefficient (Wildman–Crippen LogP) is 2.92. The minimum Gasteiger partial charge on any atom is -0.392 e. The maximum Gasteiger partial charge on any atom is 0.220 e. The van der Waals surface area contributed by atoms with Gasteiger partial charge in [-0.15, -0.1) is 0 Å². The summed E-state index contributed by atoms with van der Waals surface area (Å²) in [6, 6.07) is -0.141. The third-order valence-corrected chi connectivity index (χ3v) is 3.13. The number of nitrogens with two attached hydrogens (primary N) is 1. The predicted molar refractivity (Wildman–Crippen MR) is 77.0 cm³/mol. The second kappa shape index (κ2) is 10.5. The summed E-state index contributed by atoms with van der Waals surface area (Å²) in [7, 11) is 0. The second-order valence-electron chi connectivity index (χ2n) is 4.45. The van der Waals surface area contributed by atoms with Crippen molar-refractivity contribution in [3.63, 3.8) is 0 Å². The van der Waals surface area contributed by atoms with E-state index in [1.54, 1.807) is 0 Å². The van der Waals surface area contributed by atoms with Gasteiger partial charge in [-0.3, -0.25) is 4.79 Å². The van der Waals surface area contributed by atoms with Gasteiger partial charge < -0.3 is 11.1 Å². The summed E-state index contributed by atoms with van der Waals surface area (Å²) < 4.78 is 0. The largest absolute Gasteiger partial charge is 0.392 e. The van der Waals surface area contributed by atoms with Gasteiger partial charge in [0.05, 0.1) is 11.0 Å². The summed E-state index contributed by atoms with van der Waals surface area (Å²) in [5.74, 6) is 0.0696. The Morgan fingerprint density at radius 1 is 1.18 bits per heavy atom. The zero-order chi connectivity index (χ0) is 13.1. The maximum atomic E-state index is 11.6. The maximum absolute atomic E-state index is 11.6. The summed E-state index contributed by atoms with van der Waals surface area (Å²) in [6.45, 7) is 4.17. The van der Waals surface area contributed by atoms with Gasteiger partial charge >= 0.3 is 0 Å². The van der Waals surface area contributed by atoms with Gasteiger partial charge in [-0.1, -0.05) is 58.2 Å². The van der Waals surface area contributed by atoms with E-state index in [4.69, 9.17) is 18.0 Å². The van der Waals surface area contributed by atoms with Crippen LogP contribution in [0.15, 0.2) is 0 Å². The average Bonchev–Trinajstić information content (AvgIpc) is 2.30. The van der Waals surface area contributed by atoms with Crippen molar-refractivity contribution < 1.29 is 4.79 Å². The number of thiocarbonyl (C=S) groups is 1. The van der Waals surface area contributed by atoms with Crippen molar-refractivity contribution in [1.29, 1.82) is 0 Å². The van der Waals surface area contributed by atoms with Crippen molar-refractivity contribution in [3.05, 3.63) is 0 Å². The summed E-state index contributed by atoms with van der Waals surface area (Å²) in [5.41, 5.74) is 5.52. The lowest BCUT2D eigenvalue weighted by atomic mass is 10.1. The molecule has 0 bridgehead atoms. The number of carbonyl (C=O) groups excluding carboxylic acids is 1. The molecular weight excluding hydrogens is 232 g/mol. The second-order valence-corrected chi connectivity index (χ2v) is 4.92. The van der Waals surface area contributed by atoms with Crippen molar-refractivity contribution in [2.75, 3.05) is 0 Å². The Labute approximate surface area is 111 Å². The standard InChI is InChI=1S/C13H26N2OS/c1-3-5-6-7-8-9-10-12(16)15-11(4-2)13(14)17/h11H,3-10H2,1-2H3,(H2,14,17)(H,15,16). The quantitative estimate of drug-likeness (QED) is 0.468. The minimum absolute atomic E-state index is 0.0696. The molecule has 0 rings (SSSR count). The van der Waals surface area contributed by atoms with Crippen molar-refractivity contribution in [1.82, 2.24) is 5.32 Å². The van der Waals surface area contributed by atoms with Gasteiger partial charge in [0.15, 0.2) is 0 Å². The molecule has 17 heavy (non-hydrogen) atoms. The molecule has 0 aromatic heterocycles. The molecule has 0 radical (unpaired) electrons. The normalized spacial score (nSPS) is 12.1. The third kappa shape index (κ3) is 9.10. The zero-order valence-corrected chi connectivity index (χ0v) is 11.9. The number of rotatable bonds is 10. The van der Waals surface area contributed by atoms with Crippen LogP contribution in [0.3, 0.4) is 0 Å². The Bertz CT molecular complexity index is 231. The van der Waals surface area contributed by atoms with E-state index in [2.05, 4.69) is 12.2 Å². The van der Waals surface area contributed by atoms with E-state index in [0.717, 1.165) is 19.3 Å². The lowest BCUT2D eigenvalue weighted by molar-refractivity contribution is -0.121. The molecule has 1 amide bonds. The Morgan fingerprint density at radius 3 is 2.29 bits per heavy atom. The molecule has 0 fully saturated rings. The van der Waals surface area contributed by atoms with Crippen LogP contribution in [0.25, 0.3) is 0 Å². The molecule has 0 saturated carbocycles. The first kappa shape index (κ1) is 16.4. The molecule has 0 spiro atoms. The molecule has 0 aliphatic heterocycles. The number of unbranched alkanes of at least 4 members (excludes halogenated alkanes) is 5. The van der Waals surface area contributed by atoms with E-state index in [1.165, 1.54) is 25.7 Å². The highest BCUT2D eigenvalue weighted by Crippen LogP contribution is 2.07. The SMILES string of the molecule is CCCCCCCCC(=O)NC(CC)C(N)=S. The first-order valence-electron chi connectivity index (χ1n) is 6.70. The molecule has 0 aliphatic carbocycles. The van der Waals surface area contributed by atoms with Crippen LogP contribution in [0, 0.1) is 0 Å². The van der Waals surface area contributed by atoms with Gasteiger partial charge in [0.1, 0.15) is 0 Å². The molecule has 4 heteroatoms. The smallest absolute Gasteiger partial charge is 0.220 e. The highest BCUT2D eigenvalue weighted by molar-refractivity contribution is 7.80. The molecule has 100 valence electrons. The van der Waals surface area contributed by atoms with Gasteiger partial charge in [0.2, 0.25) is 5.91 Å². The topological polar surface area (TPSA) is 55.1 Å². The van der Waals surface area contributed by atoms with Crippen LogP contribution in [-0.2, 0) is 4.79 Å². The van der Waals surface area contributed by atoms with Gasteiger partial charge in [-0.05, 0) is 12.8 Å². The summed E-state index contributed by atoms with van der Waals surface area (Å²) in [6.07, 6.45) is 8.51. The van der Waals surface area contributed by atoms with E-state index >= 15 is 0 Å². The van der Waals surface area contributed by atoms with Crippen LogP contribution in [0.2, 0.25) is 0 Å². The molecule has 0 saturated heterocycles. The van der Waals surface area contributed by atoms with Crippen LogP contribution < -0.4 is 11.1 Å². The van der Waals surface area contributed by atoms with Crippen LogP contribution in [0.4, 0.5) is 0 Å². The number of hydrogen-bond acceptors (Lipinski definition) is 2. The minimum atomic E-state index is -0.141. The average molecular weight is 258 g/mol. The Morgan fingerprint density at radius 2 is 1.76 bits per heavy atom. The fraction of sp³-hybridized carbons (Fsp3) is 0.846. The Kier molecular flexibility index (Phi) is 10.1. The number of nitrogens with one attached hydrogen (secondary N) is 1. The fourth-order valence-corrected chi connectivity index (χ4v) is 1.93. The molecule has 3 nitrogen and oxygen atoms in total. The molecule has 0 aliphatic rings. The summed E-state index contributed by atoms with van der Waals surface area (Å²) in [4.78, 5) is 12.0. The summed E-state index contributed by atoms with van der Waals surface area (Å²) >= 11 is 4.88. The first-order valence-corrected chi connectivity index (χ1v) is 7.11. The lowest BCUT2D eigenvalue weighted by Gasteiger charge is -2.15. The van der Waals surface area contributed by atoms with Crippen LogP contribution in [0.1, 0.15) is 65.2 Å². The van der Waals surface area contributed by atoms with E-state index < -0.39 is 0 Å². The van der Waals surface area contributed by atoms with Gasteiger partial charge in [-0.2, -0.15) is 0 Å². The van der Waals surface area contributed by atoms with Crippen LogP contribution in [-0.4, -0.2) is 16.9 Å². The number of carbonyl (C=O) groups is 1. The molecule has 1 atom stereocenters. The summed E-state index contributed by atoms with van der Waals surface area (Å²) in [5, 5.41) is 2.86. The fourth-order valence-electron chi connectivity index (χ4n) is 1.71. The Hall–Kier alpha value is -0.640. The van der Waals surface area contributed by atoms with Crippen molar-refractivity contribution in [2.24, 2.45) is 5.73 Å². The van der Waals surface area contributed by atoms with Gasteiger partial charge in [0.25, 0.3) is 0 Å². The van der Waals surface area contributed by atoms with Crippen LogP contribution >= 0.6 is 12.2 Å². The van der Waals surface area contributed by atoms with E-state index in [0.29, 0.717) is 11.4 Å². The monoisotopic (exact) mass is 258 g/mol. The Balaban J connectivity index is 3.55. The molecule has 0 aromatic carbocycles. The molecule has 0 aromatic rings. The highest BCUT2D eigenvalue weighted by atomic mass is 32.1. The molecule has 1 unspecified atom stereocenters. The number of hydrogen-bond donors (Lipinski definition) is 2. The van der Waals surface area contributed by atoms with Crippen molar-refractivity contribution >= 4 is 23.1 Å². The van der Waals surface area contributed by atoms with Gasteiger partial charge in [-0.25, -0.2) is 0 Å².